The lowest BCUT2D eigenvalue weighted by molar-refractivity contribution is -0.139. The number of hydrazine groups is 1. The number of nitrogens with one attached hydrogen (secondary N) is 2. The summed E-state index contributed by atoms with van der Waals surface area (Å²) in [5.41, 5.74) is 5.01. The molecule has 2 aliphatic rings. The number of carbonyl (C=O) groups is 3. The molecule has 0 aliphatic carbocycles. The molecule has 2 unspecified atom stereocenters. The van der Waals surface area contributed by atoms with Gasteiger partial charge in [-0.25, -0.2) is 4.79 Å². The molecule has 168 valence electrons. The van der Waals surface area contributed by atoms with E-state index in [0.29, 0.717) is 12.8 Å². The average Bonchev–Trinajstić information content (AvgIpc) is 3.31. The van der Waals surface area contributed by atoms with Crippen molar-refractivity contribution in [1.29, 1.82) is 0 Å². The van der Waals surface area contributed by atoms with E-state index in [4.69, 9.17) is 0 Å². The van der Waals surface area contributed by atoms with Crippen molar-refractivity contribution >= 4 is 17.8 Å². The molecule has 4 amide bonds. The molecule has 2 atom stereocenters. The lowest BCUT2D eigenvalue weighted by Gasteiger charge is -2.26. The van der Waals surface area contributed by atoms with E-state index in [1.54, 1.807) is 6.92 Å². The van der Waals surface area contributed by atoms with Gasteiger partial charge >= 0.3 is 6.03 Å². The molecular formula is C25H30N4O3. The first-order valence-corrected chi connectivity index (χ1v) is 11.2. The minimum atomic E-state index is -1.04. The molecule has 2 fully saturated rings. The summed E-state index contributed by atoms with van der Waals surface area (Å²) >= 11 is 0. The summed E-state index contributed by atoms with van der Waals surface area (Å²) in [7, 11) is 0. The Morgan fingerprint density at radius 2 is 1.84 bits per heavy atom. The maximum absolute atomic E-state index is 13.0. The topological polar surface area (TPSA) is 81.8 Å². The fourth-order valence-electron chi connectivity index (χ4n) is 4.67. The first kappa shape index (κ1) is 22.0. The van der Waals surface area contributed by atoms with Crippen LogP contribution in [0.15, 0.2) is 54.6 Å². The number of likely N-dealkylation sites (tertiary alicyclic amines) is 1. The van der Waals surface area contributed by atoms with Gasteiger partial charge in [0.1, 0.15) is 5.54 Å². The predicted octanol–water partition coefficient (Wildman–Crippen LogP) is 3.11. The van der Waals surface area contributed by atoms with Crippen LogP contribution in [0.4, 0.5) is 4.79 Å². The van der Waals surface area contributed by atoms with Gasteiger partial charge in [0.15, 0.2) is 0 Å². The number of nitrogens with zero attached hydrogens (tertiary/aromatic N) is 2. The summed E-state index contributed by atoms with van der Waals surface area (Å²) in [5.74, 6) is -0.787. The maximum Gasteiger partial charge on any atom is 0.344 e. The van der Waals surface area contributed by atoms with Crippen molar-refractivity contribution in [3.05, 3.63) is 71.3 Å². The monoisotopic (exact) mass is 434 g/mol. The van der Waals surface area contributed by atoms with Gasteiger partial charge in [-0.2, -0.15) is 5.01 Å². The normalized spacial score (nSPS) is 23.4. The number of amides is 4. The van der Waals surface area contributed by atoms with Crippen LogP contribution in [-0.4, -0.2) is 46.4 Å². The Hall–Kier alpha value is -3.19. The number of urea groups is 1. The van der Waals surface area contributed by atoms with E-state index < -0.39 is 17.5 Å². The van der Waals surface area contributed by atoms with E-state index in [1.165, 1.54) is 11.1 Å². The molecule has 2 aromatic rings. The minimum Gasteiger partial charge on any atom is -0.322 e. The standard InChI is InChI=1S/C25H30N4O3/c1-18-9-6-7-12-20(18)21-13-8-16-28(21)17-22(30)27-29-23(31)25(2,26-24(29)32)15-14-19-10-4-3-5-11-19/h3-7,9-12,21H,8,13-17H2,1-2H3,(H,26,32)(H,27,30). The van der Waals surface area contributed by atoms with Crippen molar-refractivity contribution in [2.24, 2.45) is 0 Å². The Bertz CT molecular complexity index is 1010. The smallest absolute Gasteiger partial charge is 0.322 e. The van der Waals surface area contributed by atoms with E-state index in [0.717, 1.165) is 30.0 Å². The third kappa shape index (κ3) is 4.53. The van der Waals surface area contributed by atoms with E-state index in [2.05, 4.69) is 34.7 Å². The molecule has 2 N–H and O–H groups in total. The fourth-order valence-corrected chi connectivity index (χ4v) is 4.67. The molecule has 0 aromatic heterocycles. The van der Waals surface area contributed by atoms with Crippen molar-refractivity contribution in [3.63, 3.8) is 0 Å². The van der Waals surface area contributed by atoms with Crippen LogP contribution in [-0.2, 0) is 16.0 Å². The van der Waals surface area contributed by atoms with Crippen LogP contribution in [0, 0.1) is 6.92 Å². The second-order valence-corrected chi connectivity index (χ2v) is 8.91. The van der Waals surface area contributed by atoms with Gasteiger partial charge in [-0.05, 0) is 62.8 Å². The summed E-state index contributed by atoms with van der Waals surface area (Å²) in [4.78, 5) is 40.3. The number of benzene rings is 2. The van der Waals surface area contributed by atoms with Crippen molar-refractivity contribution in [2.45, 2.75) is 51.1 Å². The predicted molar refractivity (Wildman–Crippen MR) is 121 cm³/mol. The Balaban J connectivity index is 1.37. The second-order valence-electron chi connectivity index (χ2n) is 8.91. The third-order valence-electron chi connectivity index (χ3n) is 6.51. The van der Waals surface area contributed by atoms with Crippen LogP contribution in [0.5, 0.6) is 0 Å². The van der Waals surface area contributed by atoms with Gasteiger partial charge in [0.2, 0.25) is 0 Å². The summed E-state index contributed by atoms with van der Waals surface area (Å²) in [5, 5.41) is 3.59. The summed E-state index contributed by atoms with van der Waals surface area (Å²) in [6.07, 6.45) is 3.10. The highest BCUT2D eigenvalue weighted by Gasteiger charge is 2.48. The minimum absolute atomic E-state index is 0.136. The number of hydrogen-bond acceptors (Lipinski definition) is 4. The van der Waals surface area contributed by atoms with Crippen LogP contribution in [0.3, 0.4) is 0 Å². The van der Waals surface area contributed by atoms with Gasteiger partial charge < -0.3 is 5.32 Å². The zero-order chi connectivity index (χ0) is 22.7. The largest absolute Gasteiger partial charge is 0.344 e. The number of hydrogen-bond donors (Lipinski definition) is 2. The lowest BCUT2D eigenvalue weighted by Crippen LogP contribution is -2.51. The number of imide groups is 1. The van der Waals surface area contributed by atoms with Crippen LogP contribution in [0.1, 0.15) is 48.9 Å². The number of aryl methyl sites for hydroxylation is 2. The first-order chi connectivity index (χ1) is 15.4. The zero-order valence-electron chi connectivity index (χ0n) is 18.6. The van der Waals surface area contributed by atoms with Gasteiger partial charge in [-0.1, -0.05) is 54.6 Å². The highest BCUT2D eigenvalue weighted by Crippen LogP contribution is 2.33. The molecule has 2 aromatic carbocycles. The number of rotatable bonds is 7. The summed E-state index contributed by atoms with van der Waals surface area (Å²) in [6, 6.07) is 17.6. The van der Waals surface area contributed by atoms with Crippen molar-refractivity contribution < 1.29 is 14.4 Å². The Morgan fingerprint density at radius 3 is 2.59 bits per heavy atom. The molecule has 2 heterocycles. The van der Waals surface area contributed by atoms with E-state index in [-0.39, 0.29) is 18.5 Å². The second kappa shape index (κ2) is 9.12. The molecule has 2 saturated heterocycles. The van der Waals surface area contributed by atoms with Gasteiger partial charge in [0.05, 0.1) is 6.54 Å². The molecule has 0 saturated carbocycles. The Kier molecular flexibility index (Phi) is 6.28. The molecular weight excluding hydrogens is 404 g/mol. The van der Waals surface area contributed by atoms with Crippen molar-refractivity contribution in [3.8, 4) is 0 Å². The van der Waals surface area contributed by atoms with Crippen LogP contribution in [0.2, 0.25) is 0 Å². The summed E-state index contributed by atoms with van der Waals surface area (Å²) < 4.78 is 0. The van der Waals surface area contributed by atoms with Gasteiger partial charge in [-0.15, -0.1) is 0 Å². The highest BCUT2D eigenvalue weighted by molar-refractivity contribution is 6.07. The molecule has 7 nitrogen and oxygen atoms in total. The molecule has 7 heteroatoms. The maximum atomic E-state index is 13.0. The van der Waals surface area contributed by atoms with Crippen LogP contribution >= 0.6 is 0 Å². The van der Waals surface area contributed by atoms with Crippen molar-refractivity contribution in [1.82, 2.24) is 20.7 Å². The van der Waals surface area contributed by atoms with Crippen LogP contribution < -0.4 is 10.7 Å². The third-order valence-corrected chi connectivity index (χ3v) is 6.51. The molecule has 0 spiro atoms. The molecule has 4 rings (SSSR count). The highest BCUT2D eigenvalue weighted by atomic mass is 16.2. The molecule has 2 aliphatic heterocycles. The van der Waals surface area contributed by atoms with Gasteiger partial charge in [0, 0.05) is 6.04 Å². The SMILES string of the molecule is Cc1ccccc1C1CCCN1CC(=O)NN1C(=O)NC(C)(CCc2ccccc2)C1=O. The molecule has 0 radical (unpaired) electrons. The van der Waals surface area contributed by atoms with Crippen LogP contribution in [0.25, 0.3) is 0 Å². The number of carbonyl (C=O) groups excluding carboxylic acids is 3. The van der Waals surface area contributed by atoms with E-state index >= 15 is 0 Å². The van der Waals surface area contributed by atoms with Crippen molar-refractivity contribution in [2.75, 3.05) is 13.1 Å². The Morgan fingerprint density at radius 1 is 1.12 bits per heavy atom. The average molecular weight is 435 g/mol. The van der Waals surface area contributed by atoms with E-state index in [1.807, 2.05) is 42.5 Å². The first-order valence-electron chi connectivity index (χ1n) is 11.2. The zero-order valence-corrected chi connectivity index (χ0v) is 18.6. The van der Waals surface area contributed by atoms with E-state index in [9.17, 15) is 14.4 Å². The Labute approximate surface area is 188 Å². The quantitative estimate of drug-likeness (QED) is 0.656. The molecule has 32 heavy (non-hydrogen) atoms. The fraction of sp³-hybridized carbons (Fsp3) is 0.400. The molecule has 0 bridgehead atoms. The van der Waals surface area contributed by atoms with Gasteiger partial charge in [0.25, 0.3) is 11.8 Å². The summed E-state index contributed by atoms with van der Waals surface area (Å²) in [6.45, 7) is 4.73. The van der Waals surface area contributed by atoms with Gasteiger partial charge in [-0.3, -0.25) is 19.9 Å². The lowest BCUT2D eigenvalue weighted by atomic mass is 9.93.